The van der Waals surface area contributed by atoms with Crippen molar-refractivity contribution < 1.29 is 4.74 Å². The first kappa shape index (κ1) is 14.3. The van der Waals surface area contributed by atoms with E-state index in [1.807, 2.05) is 0 Å². The molecule has 1 aliphatic heterocycles. The molecule has 0 aromatic carbocycles. The van der Waals surface area contributed by atoms with Gasteiger partial charge in [-0.05, 0) is 44.6 Å². The van der Waals surface area contributed by atoms with E-state index in [9.17, 15) is 0 Å². The quantitative estimate of drug-likeness (QED) is 0.836. The normalized spacial score (nSPS) is 30.8. The number of ether oxygens (including phenoxy) is 1. The van der Waals surface area contributed by atoms with Crippen molar-refractivity contribution in [3.8, 4) is 0 Å². The van der Waals surface area contributed by atoms with Crippen LogP contribution in [0.5, 0.6) is 0 Å². The van der Waals surface area contributed by atoms with E-state index in [1.165, 1.54) is 32.1 Å². The van der Waals surface area contributed by atoms with Gasteiger partial charge in [-0.1, -0.05) is 13.8 Å². The minimum absolute atomic E-state index is 0.513. The second-order valence-corrected chi connectivity index (χ2v) is 6.99. The Morgan fingerprint density at radius 2 is 1.94 bits per heavy atom. The van der Waals surface area contributed by atoms with Crippen LogP contribution in [0.15, 0.2) is 0 Å². The molecule has 1 heterocycles. The van der Waals surface area contributed by atoms with Gasteiger partial charge in [-0.25, -0.2) is 0 Å². The minimum Gasteiger partial charge on any atom is -0.381 e. The Balaban J connectivity index is 1.90. The van der Waals surface area contributed by atoms with Crippen LogP contribution in [0, 0.1) is 11.3 Å². The summed E-state index contributed by atoms with van der Waals surface area (Å²) in [5.74, 6) is 0.648. The zero-order chi connectivity index (χ0) is 13.2. The summed E-state index contributed by atoms with van der Waals surface area (Å²) < 4.78 is 5.53. The molecular formula is C15H30N2O. The van der Waals surface area contributed by atoms with Crippen molar-refractivity contribution in [2.75, 3.05) is 26.8 Å². The summed E-state index contributed by atoms with van der Waals surface area (Å²) in [6, 6.07) is 1.24. The number of likely N-dealkylation sites (N-methyl/N-ethyl adjacent to an activating group) is 1. The first-order valence-electron chi connectivity index (χ1n) is 7.53. The SMILES string of the molecule is CN(C1CCC(C)(C)CC1)C(CN)C1CCOC1. The Morgan fingerprint density at radius 3 is 2.44 bits per heavy atom. The lowest BCUT2D eigenvalue weighted by Crippen LogP contribution is -2.50. The van der Waals surface area contributed by atoms with E-state index in [0.29, 0.717) is 17.4 Å². The van der Waals surface area contributed by atoms with Gasteiger partial charge in [-0.2, -0.15) is 0 Å². The van der Waals surface area contributed by atoms with Crippen molar-refractivity contribution in [1.29, 1.82) is 0 Å². The van der Waals surface area contributed by atoms with Gasteiger partial charge in [0.1, 0.15) is 0 Å². The van der Waals surface area contributed by atoms with Gasteiger partial charge in [0.2, 0.25) is 0 Å². The summed E-state index contributed by atoms with van der Waals surface area (Å²) in [5, 5.41) is 0. The molecule has 2 unspecified atom stereocenters. The first-order valence-corrected chi connectivity index (χ1v) is 7.53. The first-order chi connectivity index (χ1) is 8.53. The topological polar surface area (TPSA) is 38.5 Å². The Labute approximate surface area is 112 Å². The fourth-order valence-electron chi connectivity index (χ4n) is 3.61. The molecule has 2 fully saturated rings. The zero-order valence-corrected chi connectivity index (χ0v) is 12.3. The standard InChI is InChI=1S/C15H30N2O/c1-15(2)7-4-13(5-8-15)17(3)14(10-16)12-6-9-18-11-12/h12-14H,4-11,16H2,1-3H3. The van der Waals surface area contributed by atoms with Gasteiger partial charge >= 0.3 is 0 Å². The van der Waals surface area contributed by atoms with Gasteiger partial charge in [0.15, 0.2) is 0 Å². The molecule has 2 atom stereocenters. The molecule has 0 aromatic rings. The highest BCUT2D eigenvalue weighted by Crippen LogP contribution is 2.37. The average Bonchev–Trinajstić information content (AvgIpc) is 2.83. The highest BCUT2D eigenvalue weighted by atomic mass is 16.5. The molecule has 0 amide bonds. The predicted octanol–water partition coefficient (Wildman–Crippen LogP) is 2.25. The van der Waals surface area contributed by atoms with Crippen LogP contribution in [0.1, 0.15) is 46.0 Å². The smallest absolute Gasteiger partial charge is 0.0510 e. The molecular weight excluding hydrogens is 224 g/mol. The van der Waals surface area contributed by atoms with E-state index in [1.54, 1.807) is 0 Å². The largest absolute Gasteiger partial charge is 0.381 e. The lowest BCUT2D eigenvalue weighted by molar-refractivity contribution is 0.0665. The summed E-state index contributed by atoms with van der Waals surface area (Å²) in [4.78, 5) is 2.56. The molecule has 0 bridgehead atoms. The molecule has 106 valence electrons. The minimum atomic E-state index is 0.513. The predicted molar refractivity (Wildman–Crippen MR) is 75.6 cm³/mol. The van der Waals surface area contributed by atoms with Crippen LogP contribution in [0.25, 0.3) is 0 Å². The third kappa shape index (κ3) is 3.25. The molecule has 1 saturated carbocycles. The molecule has 2 N–H and O–H groups in total. The fraction of sp³-hybridized carbons (Fsp3) is 1.00. The highest BCUT2D eigenvalue weighted by Gasteiger charge is 2.34. The third-order valence-electron chi connectivity index (χ3n) is 5.16. The Bertz CT molecular complexity index is 251. The summed E-state index contributed by atoms with van der Waals surface area (Å²) in [7, 11) is 2.28. The number of hydrogen-bond acceptors (Lipinski definition) is 3. The van der Waals surface area contributed by atoms with E-state index >= 15 is 0 Å². The summed E-state index contributed by atoms with van der Waals surface area (Å²) in [6.07, 6.45) is 6.53. The van der Waals surface area contributed by atoms with Crippen LogP contribution < -0.4 is 5.73 Å². The lowest BCUT2D eigenvalue weighted by Gasteiger charge is -2.43. The molecule has 0 aromatic heterocycles. The van der Waals surface area contributed by atoms with Crippen molar-refractivity contribution in [3.63, 3.8) is 0 Å². The van der Waals surface area contributed by atoms with Gasteiger partial charge in [-0.3, -0.25) is 4.90 Å². The van der Waals surface area contributed by atoms with Crippen LogP contribution in [0.2, 0.25) is 0 Å². The lowest BCUT2D eigenvalue weighted by atomic mass is 9.75. The molecule has 0 spiro atoms. The van der Waals surface area contributed by atoms with Gasteiger partial charge < -0.3 is 10.5 Å². The van der Waals surface area contributed by atoms with Gasteiger partial charge in [-0.15, -0.1) is 0 Å². The fourth-order valence-corrected chi connectivity index (χ4v) is 3.61. The molecule has 18 heavy (non-hydrogen) atoms. The zero-order valence-electron chi connectivity index (χ0n) is 12.3. The summed E-state index contributed by atoms with van der Waals surface area (Å²) >= 11 is 0. The maximum Gasteiger partial charge on any atom is 0.0510 e. The second-order valence-electron chi connectivity index (χ2n) is 6.99. The highest BCUT2D eigenvalue weighted by molar-refractivity contribution is 4.89. The number of nitrogens with zero attached hydrogens (tertiary/aromatic N) is 1. The van der Waals surface area contributed by atoms with E-state index in [4.69, 9.17) is 10.5 Å². The maximum atomic E-state index is 6.02. The number of nitrogens with two attached hydrogens (primary N) is 1. The van der Waals surface area contributed by atoms with Crippen molar-refractivity contribution in [2.24, 2.45) is 17.1 Å². The molecule has 0 radical (unpaired) electrons. The molecule has 2 rings (SSSR count). The van der Waals surface area contributed by atoms with E-state index in [0.717, 1.165) is 25.8 Å². The van der Waals surface area contributed by atoms with E-state index in [-0.39, 0.29) is 0 Å². The van der Waals surface area contributed by atoms with Crippen molar-refractivity contribution in [3.05, 3.63) is 0 Å². The van der Waals surface area contributed by atoms with E-state index < -0.39 is 0 Å². The molecule has 2 aliphatic rings. The van der Waals surface area contributed by atoms with Crippen molar-refractivity contribution >= 4 is 0 Å². The monoisotopic (exact) mass is 254 g/mol. The van der Waals surface area contributed by atoms with Gasteiger partial charge in [0.25, 0.3) is 0 Å². The Morgan fingerprint density at radius 1 is 1.28 bits per heavy atom. The van der Waals surface area contributed by atoms with E-state index in [2.05, 4.69) is 25.8 Å². The molecule has 3 nitrogen and oxygen atoms in total. The van der Waals surface area contributed by atoms with Crippen molar-refractivity contribution in [2.45, 2.75) is 58.0 Å². The van der Waals surface area contributed by atoms with Gasteiger partial charge in [0.05, 0.1) is 6.61 Å². The van der Waals surface area contributed by atoms with Crippen molar-refractivity contribution in [1.82, 2.24) is 4.90 Å². The van der Waals surface area contributed by atoms with Crippen LogP contribution in [-0.2, 0) is 4.74 Å². The number of rotatable bonds is 4. The maximum absolute atomic E-state index is 6.02. The Kier molecular flexibility index (Phi) is 4.68. The molecule has 3 heteroatoms. The number of hydrogen-bond donors (Lipinski definition) is 1. The Hall–Kier alpha value is -0.120. The van der Waals surface area contributed by atoms with Crippen LogP contribution >= 0.6 is 0 Å². The van der Waals surface area contributed by atoms with Crippen LogP contribution in [-0.4, -0.2) is 43.8 Å². The van der Waals surface area contributed by atoms with Crippen LogP contribution in [0.4, 0.5) is 0 Å². The molecule has 1 aliphatic carbocycles. The summed E-state index contributed by atoms with van der Waals surface area (Å²) in [6.45, 7) is 7.39. The van der Waals surface area contributed by atoms with Gasteiger partial charge in [0, 0.05) is 31.2 Å². The average molecular weight is 254 g/mol. The van der Waals surface area contributed by atoms with Crippen LogP contribution in [0.3, 0.4) is 0 Å². The molecule has 1 saturated heterocycles. The second kappa shape index (κ2) is 5.89. The third-order valence-corrected chi connectivity index (χ3v) is 5.16. The summed E-state index contributed by atoms with van der Waals surface area (Å²) in [5.41, 5.74) is 6.56.